The van der Waals surface area contributed by atoms with Crippen LogP contribution >= 0.6 is 11.6 Å². The lowest BCUT2D eigenvalue weighted by atomic mass is 9.75. The van der Waals surface area contributed by atoms with Gasteiger partial charge in [-0.15, -0.1) is 0 Å². The van der Waals surface area contributed by atoms with Crippen LogP contribution in [-0.2, 0) is 10.3 Å². The van der Waals surface area contributed by atoms with Gasteiger partial charge in [0.15, 0.2) is 5.78 Å². The molecule has 1 aromatic carbocycles. The number of hydrogen-bond donors (Lipinski definition) is 2. The molecule has 1 aliphatic rings. The summed E-state index contributed by atoms with van der Waals surface area (Å²) in [4.78, 5) is 12.2. The summed E-state index contributed by atoms with van der Waals surface area (Å²) < 4.78 is 0. The predicted octanol–water partition coefficient (Wildman–Crippen LogP) is 2.90. The molecule has 2 N–H and O–H groups in total. The Labute approximate surface area is 120 Å². The lowest BCUT2D eigenvalue weighted by Crippen LogP contribution is -2.49. The number of Topliss-reactive ketones (excluding diaryl/α,β-unsaturated/α-hetero) is 1. The van der Waals surface area contributed by atoms with Crippen LogP contribution in [0, 0.1) is 0 Å². The van der Waals surface area contributed by atoms with Gasteiger partial charge in [0.1, 0.15) is 5.54 Å². The zero-order chi connectivity index (χ0) is 14.3. The smallest absolute Gasteiger partial charge is 0.157 e. The molecule has 3 nitrogen and oxygen atoms in total. The van der Waals surface area contributed by atoms with Gasteiger partial charge in [0.05, 0.1) is 0 Å². The number of nitrogens with one attached hydrogen (secondary N) is 1. The third kappa shape index (κ3) is 3.56. The minimum Gasteiger partial charge on any atom is -0.397 e. The van der Waals surface area contributed by atoms with Crippen molar-refractivity contribution in [3.05, 3.63) is 34.9 Å². The second-order valence-electron chi connectivity index (χ2n) is 4.58. The van der Waals surface area contributed by atoms with E-state index >= 15 is 0 Å². The molecular formula is C15H22ClNO2. The van der Waals surface area contributed by atoms with Crippen LogP contribution in [0.2, 0.25) is 5.02 Å². The lowest BCUT2D eigenvalue weighted by molar-refractivity contribution is -0.127. The summed E-state index contributed by atoms with van der Waals surface area (Å²) in [6.45, 7) is 1.93. The molecule has 0 spiro atoms. The number of rotatable bonds is 2. The fourth-order valence-corrected chi connectivity index (χ4v) is 2.82. The van der Waals surface area contributed by atoms with Gasteiger partial charge < -0.3 is 10.4 Å². The molecule has 4 heteroatoms. The molecule has 0 heterocycles. The third-order valence-corrected chi connectivity index (χ3v) is 3.77. The molecule has 1 aromatic rings. The highest BCUT2D eigenvalue weighted by Crippen LogP contribution is 2.37. The molecule has 0 aromatic heterocycles. The lowest BCUT2D eigenvalue weighted by Gasteiger charge is -2.36. The number of aliphatic hydroxyl groups excluding tert-OH is 1. The van der Waals surface area contributed by atoms with Gasteiger partial charge in [-0.2, -0.15) is 0 Å². The third-order valence-electron chi connectivity index (χ3n) is 3.44. The molecule has 0 amide bonds. The van der Waals surface area contributed by atoms with Crippen LogP contribution in [0.25, 0.3) is 0 Å². The van der Waals surface area contributed by atoms with Crippen molar-refractivity contribution in [2.24, 2.45) is 0 Å². The monoisotopic (exact) mass is 283 g/mol. The van der Waals surface area contributed by atoms with E-state index in [2.05, 4.69) is 5.32 Å². The molecule has 0 radical (unpaired) electrons. The van der Waals surface area contributed by atoms with E-state index in [-0.39, 0.29) is 12.4 Å². The molecule has 0 aliphatic heterocycles. The van der Waals surface area contributed by atoms with Crippen LogP contribution in [0.3, 0.4) is 0 Å². The highest BCUT2D eigenvalue weighted by Gasteiger charge is 2.40. The molecule has 0 bridgehead atoms. The van der Waals surface area contributed by atoms with E-state index in [1.54, 1.807) is 6.92 Å². The Kier molecular flexibility index (Phi) is 6.49. The second kappa shape index (κ2) is 7.63. The average molecular weight is 284 g/mol. The number of ketones is 1. The van der Waals surface area contributed by atoms with Crippen molar-refractivity contribution in [2.45, 2.75) is 38.1 Å². The first-order chi connectivity index (χ1) is 9.12. The number of carbonyl (C=O) groups excluding carboxylic acids is 1. The first-order valence-corrected chi connectivity index (χ1v) is 7.08. The normalized spacial score (nSPS) is 22.6. The van der Waals surface area contributed by atoms with Crippen LogP contribution in [-0.4, -0.2) is 24.5 Å². The predicted molar refractivity (Wildman–Crippen MR) is 78.4 cm³/mol. The summed E-state index contributed by atoms with van der Waals surface area (Å²) in [5.41, 5.74) is 0.361. The van der Waals surface area contributed by atoms with Crippen LogP contribution < -0.4 is 5.32 Å². The Hall–Kier alpha value is -0.900. The van der Waals surface area contributed by atoms with E-state index in [4.69, 9.17) is 16.7 Å². The zero-order valence-corrected chi connectivity index (χ0v) is 12.3. The van der Waals surface area contributed by atoms with Gasteiger partial charge in [-0.1, -0.05) is 36.2 Å². The van der Waals surface area contributed by atoms with Gasteiger partial charge in [0.2, 0.25) is 0 Å². The maximum Gasteiger partial charge on any atom is 0.157 e. The summed E-state index contributed by atoms with van der Waals surface area (Å²) in [6.07, 6.45) is 3.54. The fourth-order valence-electron chi connectivity index (χ4n) is 2.52. The summed E-state index contributed by atoms with van der Waals surface area (Å²) in [6, 6.07) is 7.62. The Morgan fingerprint density at radius 2 is 2.00 bits per heavy atom. The summed E-state index contributed by atoms with van der Waals surface area (Å²) >= 11 is 6.20. The van der Waals surface area contributed by atoms with Crippen molar-refractivity contribution in [3.63, 3.8) is 0 Å². The molecule has 0 saturated heterocycles. The van der Waals surface area contributed by atoms with Gasteiger partial charge in [-0.05, 0) is 38.4 Å². The number of aliphatic hydroxyl groups is 1. The van der Waals surface area contributed by atoms with Crippen molar-refractivity contribution >= 4 is 17.4 Å². The van der Waals surface area contributed by atoms with Crippen molar-refractivity contribution in [1.82, 2.24) is 5.32 Å². The maximum absolute atomic E-state index is 12.2. The highest BCUT2D eigenvalue weighted by molar-refractivity contribution is 6.31. The van der Waals surface area contributed by atoms with Crippen LogP contribution in [0.1, 0.15) is 38.2 Å². The summed E-state index contributed by atoms with van der Waals surface area (Å²) in [5.74, 6) is 0.259. The molecule has 1 fully saturated rings. The minimum absolute atomic E-state index is 0.250. The summed E-state index contributed by atoms with van der Waals surface area (Å²) in [5, 5.41) is 11.4. The molecule has 19 heavy (non-hydrogen) atoms. The topological polar surface area (TPSA) is 49.3 Å². The molecular weight excluding hydrogens is 262 g/mol. The summed E-state index contributed by atoms with van der Waals surface area (Å²) in [7, 11) is 1.84. The Bertz CT molecular complexity index is 422. The Morgan fingerprint density at radius 1 is 1.37 bits per heavy atom. The Morgan fingerprint density at radius 3 is 2.53 bits per heavy atom. The van der Waals surface area contributed by atoms with Crippen molar-refractivity contribution in [2.75, 3.05) is 13.7 Å². The molecule has 1 atom stereocenters. The molecule has 106 valence electrons. The zero-order valence-electron chi connectivity index (χ0n) is 11.6. The van der Waals surface area contributed by atoms with Gasteiger partial charge in [0, 0.05) is 18.1 Å². The molecule has 2 rings (SSSR count). The van der Waals surface area contributed by atoms with E-state index in [9.17, 15) is 4.79 Å². The maximum atomic E-state index is 12.2. The van der Waals surface area contributed by atoms with Gasteiger partial charge in [-0.3, -0.25) is 4.79 Å². The van der Waals surface area contributed by atoms with Gasteiger partial charge in [0.25, 0.3) is 0 Å². The van der Waals surface area contributed by atoms with Crippen molar-refractivity contribution < 1.29 is 9.90 Å². The van der Waals surface area contributed by atoms with Crippen molar-refractivity contribution in [1.29, 1.82) is 0 Å². The van der Waals surface area contributed by atoms with Crippen LogP contribution in [0.5, 0.6) is 0 Å². The second-order valence-corrected chi connectivity index (χ2v) is 4.99. The highest BCUT2D eigenvalue weighted by atomic mass is 35.5. The first-order valence-electron chi connectivity index (χ1n) is 6.70. The number of benzene rings is 1. The van der Waals surface area contributed by atoms with E-state index in [0.29, 0.717) is 11.4 Å². The van der Waals surface area contributed by atoms with E-state index < -0.39 is 5.54 Å². The van der Waals surface area contributed by atoms with Crippen LogP contribution in [0.4, 0.5) is 0 Å². The standard InChI is InChI=1S/C13H16ClNO.C2H6O/c1-15-13(9-5-4-8-12(13)16)10-6-2-3-7-11(10)14;1-2-3/h2-3,6-7,15H,4-5,8-9H2,1H3;3H,2H2,1H3. The van der Waals surface area contributed by atoms with E-state index in [1.807, 2.05) is 31.3 Å². The number of likely N-dealkylation sites (N-methyl/N-ethyl adjacent to an activating group) is 1. The quantitative estimate of drug-likeness (QED) is 0.877. The molecule has 1 aliphatic carbocycles. The van der Waals surface area contributed by atoms with Crippen molar-refractivity contribution in [3.8, 4) is 0 Å². The number of carbonyl (C=O) groups is 1. The first kappa shape index (κ1) is 16.2. The van der Waals surface area contributed by atoms with Gasteiger partial charge >= 0.3 is 0 Å². The average Bonchev–Trinajstić information content (AvgIpc) is 2.41. The van der Waals surface area contributed by atoms with Crippen LogP contribution in [0.15, 0.2) is 24.3 Å². The fraction of sp³-hybridized carbons (Fsp3) is 0.533. The number of halogens is 1. The largest absolute Gasteiger partial charge is 0.397 e. The van der Waals surface area contributed by atoms with E-state index in [0.717, 1.165) is 24.8 Å². The minimum atomic E-state index is -0.559. The Balaban J connectivity index is 0.000000550. The SMILES string of the molecule is CCO.CNC1(c2ccccc2Cl)CCCCC1=O. The molecule has 1 saturated carbocycles. The number of hydrogen-bond acceptors (Lipinski definition) is 3. The van der Waals surface area contributed by atoms with Gasteiger partial charge in [-0.25, -0.2) is 0 Å². The van der Waals surface area contributed by atoms with E-state index in [1.165, 1.54) is 0 Å². The molecule has 1 unspecified atom stereocenters.